The van der Waals surface area contributed by atoms with Gasteiger partial charge in [0.2, 0.25) is 10.0 Å². The first kappa shape index (κ1) is 18.4. The maximum absolute atomic E-state index is 12.3. The van der Waals surface area contributed by atoms with Crippen LogP contribution in [-0.4, -0.2) is 34.0 Å². The minimum Gasteiger partial charge on any atom is -0.495 e. The van der Waals surface area contributed by atoms with E-state index in [-0.39, 0.29) is 28.2 Å². The van der Waals surface area contributed by atoms with Gasteiger partial charge in [-0.3, -0.25) is 4.79 Å². The number of hydrogen-bond acceptors (Lipinski definition) is 4. The summed E-state index contributed by atoms with van der Waals surface area (Å²) in [4.78, 5) is 12.1. The van der Waals surface area contributed by atoms with Crippen LogP contribution >= 0.6 is 0 Å². The van der Waals surface area contributed by atoms with Crippen molar-refractivity contribution in [2.45, 2.75) is 44.6 Å². The van der Waals surface area contributed by atoms with Crippen LogP contribution in [0.15, 0.2) is 23.1 Å². The lowest BCUT2D eigenvalue weighted by molar-refractivity contribution is 0.0939. The molecular weight excluding hydrogens is 304 g/mol. The summed E-state index contributed by atoms with van der Waals surface area (Å²) in [6.07, 6.45) is 1.47. The predicted octanol–water partition coefficient (Wildman–Crippen LogP) is 1.91. The van der Waals surface area contributed by atoms with Gasteiger partial charge in [-0.05, 0) is 38.0 Å². The van der Waals surface area contributed by atoms with Crippen LogP contribution in [0.1, 0.15) is 44.0 Å². The molecule has 0 aliphatic carbocycles. The second-order valence-electron chi connectivity index (χ2n) is 5.05. The summed E-state index contributed by atoms with van der Waals surface area (Å²) in [6.45, 7) is 6.05. The quantitative estimate of drug-likeness (QED) is 0.763. The first-order valence-corrected chi connectivity index (χ1v) is 8.82. The van der Waals surface area contributed by atoms with E-state index in [1.807, 2.05) is 20.8 Å². The fourth-order valence-electron chi connectivity index (χ4n) is 1.75. The molecule has 0 fully saturated rings. The van der Waals surface area contributed by atoms with Gasteiger partial charge >= 0.3 is 0 Å². The largest absolute Gasteiger partial charge is 0.495 e. The minimum absolute atomic E-state index is 0.0212. The van der Waals surface area contributed by atoms with Crippen LogP contribution in [-0.2, 0) is 10.0 Å². The predicted molar refractivity (Wildman–Crippen MR) is 85.7 cm³/mol. The van der Waals surface area contributed by atoms with Crippen molar-refractivity contribution in [3.8, 4) is 5.75 Å². The molecule has 0 bridgehead atoms. The summed E-state index contributed by atoms with van der Waals surface area (Å²) in [7, 11) is -2.31. The number of amides is 1. The SMILES string of the molecule is CCCNS(=O)(=O)c1cc(C(=O)NC(C)CC)ccc1OC. The molecule has 1 unspecified atom stereocenters. The van der Waals surface area contributed by atoms with Crippen molar-refractivity contribution in [3.05, 3.63) is 23.8 Å². The van der Waals surface area contributed by atoms with Crippen LogP contribution in [0.5, 0.6) is 5.75 Å². The second-order valence-corrected chi connectivity index (χ2v) is 6.78. The third-order valence-corrected chi connectivity index (χ3v) is 4.73. The number of sulfonamides is 1. The van der Waals surface area contributed by atoms with E-state index in [1.165, 1.54) is 19.2 Å². The Labute approximate surface area is 132 Å². The van der Waals surface area contributed by atoms with Gasteiger partial charge in [-0.1, -0.05) is 13.8 Å². The molecule has 0 spiro atoms. The van der Waals surface area contributed by atoms with E-state index in [1.54, 1.807) is 6.07 Å². The zero-order chi connectivity index (χ0) is 16.8. The van der Waals surface area contributed by atoms with Crippen LogP contribution < -0.4 is 14.8 Å². The summed E-state index contributed by atoms with van der Waals surface area (Å²) in [6, 6.07) is 4.41. The number of benzene rings is 1. The van der Waals surface area contributed by atoms with Gasteiger partial charge < -0.3 is 10.1 Å². The first-order chi connectivity index (χ1) is 10.4. The molecule has 0 radical (unpaired) electrons. The van der Waals surface area contributed by atoms with Crippen molar-refractivity contribution < 1.29 is 17.9 Å². The van der Waals surface area contributed by atoms with Crippen molar-refractivity contribution in [2.75, 3.05) is 13.7 Å². The number of rotatable bonds is 8. The van der Waals surface area contributed by atoms with Crippen LogP contribution in [0.2, 0.25) is 0 Å². The van der Waals surface area contributed by atoms with Crippen LogP contribution in [0, 0.1) is 0 Å². The smallest absolute Gasteiger partial charge is 0.251 e. The topological polar surface area (TPSA) is 84.5 Å². The van der Waals surface area contributed by atoms with E-state index in [0.717, 1.165) is 6.42 Å². The fraction of sp³-hybridized carbons (Fsp3) is 0.533. The fourth-order valence-corrected chi connectivity index (χ4v) is 3.08. The van der Waals surface area contributed by atoms with Gasteiger partial charge in [0.25, 0.3) is 5.91 Å². The van der Waals surface area contributed by atoms with Crippen LogP contribution in [0.3, 0.4) is 0 Å². The molecule has 22 heavy (non-hydrogen) atoms. The lowest BCUT2D eigenvalue weighted by Gasteiger charge is -2.14. The molecule has 124 valence electrons. The lowest BCUT2D eigenvalue weighted by atomic mass is 10.2. The summed E-state index contributed by atoms with van der Waals surface area (Å²) in [5, 5.41) is 2.81. The maximum atomic E-state index is 12.3. The molecule has 6 nitrogen and oxygen atoms in total. The standard InChI is InChI=1S/C15H24N2O4S/c1-5-9-16-22(19,20)14-10-12(7-8-13(14)21-4)15(18)17-11(3)6-2/h7-8,10-11,16H,5-6,9H2,1-4H3,(H,17,18). The highest BCUT2D eigenvalue weighted by Gasteiger charge is 2.21. The van der Waals surface area contributed by atoms with Crippen LogP contribution in [0.25, 0.3) is 0 Å². The molecule has 0 aliphatic heterocycles. The zero-order valence-corrected chi connectivity index (χ0v) is 14.3. The highest BCUT2D eigenvalue weighted by atomic mass is 32.2. The Hall–Kier alpha value is -1.60. The number of nitrogens with one attached hydrogen (secondary N) is 2. The van der Waals surface area contributed by atoms with E-state index in [2.05, 4.69) is 10.0 Å². The lowest BCUT2D eigenvalue weighted by Crippen LogP contribution is -2.32. The van der Waals surface area contributed by atoms with E-state index >= 15 is 0 Å². The minimum atomic E-state index is -3.71. The molecule has 2 N–H and O–H groups in total. The van der Waals surface area contributed by atoms with Gasteiger partial charge in [-0.15, -0.1) is 0 Å². The molecule has 1 amide bonds. The summed E-state index contributed by atoms with van der Waals surface area (Å²) < 4.78 is 32.2. The van der Waals surface area contributed by atoms with Gasteiger partial charge in [0.1, 0.15) is 10.6 Å². The average molecular weight is 328 g/mol. The number of carbonyl (C=O) groups excluding carboxylic acids is 1. The van der Waals surface area contributed by atoms with Gasteiger partial charge in [-0.2, -0.15) is 0 Å². The van der Waals surface area contributed by atoms with Crippen molar-refractivity contribution >= 4 is 15.9 Å². The number of methoxy groups -OCH3 is 1. The summed E-state index contributed by atoms with van der Waals surface area (Å²) in [5.41, 5.74) is 0.290. The Morgan fingerprint density at radius 3 is 2.55 bits per heavy atom. The Morgan fingerprint density at radius 1 is 1.32 bits per heavy atom. The van der Waals surface area contributed by atoms with E-state index in [4.69, 9.17) is 4.74 Å². The average Bonchev–Trinajstić information content (AvgIpc) is 2.52. The molecule has 1 aromatic carbocycles. The molecule has 0 aliphatic rings. The summed E-state index contributed by atoms with van der Waals surface area (Å²) >= 11 is 0. The molecular formula is C15H24N2O4S. The van der Waals surface area contributed by atoms with Crippen molar-refractivity contribution in [1.29, 1.82) is 0 Å². The maximum Gasteiger partial charge on any atom is 0.251 e. The van der Waals surface area contributed by atoms with Crippen molar-refractivity contribution in [2.24, 2.45) is 0 Å². The highest BCUT2D eigenvalue weighted by molar-refractivity contribution is 7.89. The van der Waals surface area contributed by atoms with E-state index in [0.29, 0.717) is 13.0 Å². The zero-order valence-electron chi connectivity index (χ0n) is 13.5. The number of carbonyl (C=O) groups is 1. The first-order valence-electron chi connectivity index (χ1n) is 7.34. The van der Waals surface area contributed by atoms with E-state index in [9.17, 15) is 13.2 Å². The molecule has 1 rings (SSSR count). The van der Waals surface area contributed by atoms with Gasteiger partial charge in [0.05, 0.1) is 7.11 Å². The Bertz CT molecular complexity index is 614. The van der Waals surface area contributed by atoms with E-state index < -0.39 is 10.0 Å². The molecule has 0 aromatic heterocycles. The molecule has 1 aromatic rings. The Morgan fingerprint density at radius 2 is 2.00 bits per heavy atom. The number of hydrogen-bond donors (Lipinski definition) is 2. The highest BCUT2D eigenvalue weighted by Crippen LogP contribution is 2.24. The number of ether oxygens (including phenoxy) is 1. The molecule has 0 heterocycles. The van der Waals surface area contributed by atoms with Gasteiger partial charge in [-0.25, -0.2) is 13.1 Å². The van der Waals surface area contributed by atoms with Gasteiger partial charge in [0.15, 0.2) is 0 Å². The Kier molecular flexibility index (Phi) is 6.83. The third-order valence-electron chi connectivity index (χ3n) is 3.25. The second kappa shape index (κ2) is 8.14. The Balaban J connectivity index is 3.16. The summed E-state index contributed by atoms with van der Waals surface area (Å²) in [5.74, 6) is -0.0902. The van der Waals surface area contributed by atoms with Crippen molar-refractivity contribution in [1.82, 2.24) is 10.0 Å². The van der Waals surface area contributed by atoms with Gasteiger partial charge in [0, 0.05) is 18.2 Å². The normalized spacial score (nSPS) is 12.7. The molecule has 0 saturated heterocycles. The van der Waals surface area contributed by atoms with Crippen LogP contribution in [0.4, 0.5) is 0 Å². The third kappa shape index (κ3) is 4.71. The van der Waals surface area contributed by atoms with Crippen molar-refractivity contribution in [3.63, 3.8) is 0 Å². The molecule has 1 atom stereocenters. The monoisotopic (exact) mass is 328 g/mol. The molecule has 0 saturated carbocycles. The molecule has 7 heteroatoms.